The van der Waals surface area contributed by atoms with Crippen LogP contribution in [0.15, 0.2) is 109 Å². The quantitative estimate of drug-likeness (QED) is 0.150. The molecule has 1 saturated carbocycles. The Hall–Kier alpha value is -5.47. The van der Waals surface area contributed by atoms with Gasteiger partial charge in [-0.25, -0.2) is 14.2 Å². The SMILES string of the molecule is O=C(O)c1ccc2c(c1)nc(-c1ccc(OCc3cc(C(=O)NCc4ccccc4)ccc3-c3ccc(Cl)cc3)cc1F)n2C1CCCCC1. The second-order valence-corrected chi connectivity index (χ2v) is 13.0. The van der Waals surface area contributed by atoms with Crippen molar-refractivity contribution in [1.29, 1.82) is 0 Å². The van der Waals surface area contributed by atoms with Crippen LogP contribution in [0.1, 0.15) is 70.0 Å². The fourth-order valence-corrected chi connectivity index (χ4v) is 6.83. The number of imidazole rings is 1. The molecule has 0 saturated heterocycles. The second kappa shape index (κ2) is 14.6. The van der Waals surface area contributed by atoms with Crippen molar-refractivity contribution in [2.75, 3.05) is 0 Å². The van der Waals surface area contributed by atoms with Gasteiger partial charge in [0.1, 0.15) is 24.0 Å². The van der Waals surface area contributed by atoms with E-state index in [2.05, 4.69) is 9.88 Å². The van der Waals surface area contributed by atoms with Gasteiger partial charge in [0.25, 0.3) is 5.91 Å². The number of benzene rings is 5. The lowest BCUT2D eigenvalue weighted by Crippen LogP contribution is -2.23. The Kier molecular flexibility index (Phi) is 9.63. The summed E-state index contributed by atoms with van der Waals surface area (Å²) in [7, 11) is 0. The smallest absolute Gasteiger partial charge is 0.335 e. The molecule has 252 valence electrons. The maximum atomic E-state index is 16.0. The molecule has 1 heterocycles. The zero-order valence-electron chi connectivity index (χ0n) is 27.2. The van der Waals surface area contributed by atoms with E-state index in [4.69, 9.17) is 21.3 Å². The second-order valence-electron chi connectivity index (χ2n) is 12.6. The van der Waals surface area contributed by atoms with Crippen molar-refractivity contribution >= 4 is 34.5 Å². The van der Waals surface area contributed by atoms with Gasteiger partial charge in [0, 0.05) is 29.2 Å². The van der Waals surface area contributed by atoms with Gasteiger partial charge in [-0.2, -0.15) is 0 Å². The number of aromatic nitrogens is 2. The van der Waals surface area contributed by atoms with Crippen molar-refractivity contribution in [2.24, 2.45) is 0 Å². The average Bonchev–Trinajstić information content (AvgIpc) is 3.52. The van der Waals surface area contributed by atoms with E-state index in [9.17, 15) is 14.7 Å². The molecule has 1 aromatic heterocycles. The Bertz CT molecular complexity index is 2180. The summed E-state index contributed by atoms with van der Waals surface area (Å²) in [4.78, 5) is 29.6. The molecule has 0 atom stereocenters. The molecular weight excluding hydrogens is 653 g/mol. The molecule has 1 fully saturated rings. The van der Waals surface area contributed by atoms with Gasteiger partial charge in [-0.15, -0.1) is 0 Å². The van der Waals surface area contributed by atoms with E-state index in [0.29, 0.717) is 39.8 Å². The Morgan fingerprint density at radius 2 is 1.60 bits per heavy atom. The number of fused-ring (bicyclic) bond motifs is 1. The van der Waals surface area contributed by atoms with Crippen LogP contribution in [0.3, 0.4) is 0 Å². The zero-order chi connectivity index (χ0) is 34.6. The van der Waals surface area contributed by atoms with Crippen molar-refractivity contribution in [3.05, 3.63) is 142 Å². The number of ether oxygens (including phenoxy) is 1. The first-order valence-corrected chi connectivity index (χ1v) is 17.1. The summed E-state index contributed by atoms with van der Waals surface area (Å²) in [6.07, 6.45) is 5.19. The predicted molar refractivity (Wildman–Crippen MR) is 193 cm³/mol. The maximum absolute atomic E-state index is 16.0. The number of carboxylic acids is 1. The third-order valence-electron chi connectivity index (χ3n) is 9.27. The first kappa shape index (κ1) is 33.0. The molecule has 2 N–H and O–H groups in total. The Morgan fingerprint density at radius 1 is 0.860 bits per heavy atom. The van der Waals surface area contributed by atoms with Crippen molar-refractivity contribution in [2.45, 2.75) is 51.3 Å². The largest absolute Gasteiger partial charge is 0.489 e. The normalized spacial score (nSPS) is 13.3. The monoisotopic (exact) mass is 687 g/mol. The molecule has 7 rings (SSSR count). The minimum Gasteiger partial charge on any atom is -0.489 e. The highest BCUT2D eigenvalue weighted by atomic mass is 35.5. The van der Waals surface area contributed by atoms with Gasteiger partial charge in [-0.05, 0) is 89.7 Å². The summed E-state index contributed by atoms with van der Waals surface area (Å²) in [5.74, 6) is -0.964. The topological polar surface area (TPSA) is 93.5 Å². The van der Waals surface area contributed by atoms with Crippen LogP contribution in [-0.2, 0) is 13.2 Å². The first-order valence-electron chi connectivity index (χ1n) is 16.7. The number of halogens is 2. The Labute approximate surface area is 294 Å². The van der Waals surface area contributed by atoms with E-state index in [1.165, 1.54) is 6.07 Å². The number of carboxylic acid groups (broad SMARTS) is 1. The highest BCUT2D eigenvalue weighted by Gasteiger charge is 2.25. The minimum atomic E-state index is -1.04. The Balaban J connectivity index is 1.17. The summed E-state index contributed by atoms with van der Waals surface area (Å²) in [5.41, 5.74) is 5.74. The van der Waals surface area contributed by atoms with Gasteiger partial charge in [0.2, 0.25) is 0 Å². The molecule has 1 amide bonds. The fraction of sp³-hybridized carbons (Fsp3) is 0.195. The third-order valence-corrected chi connectivity index (χ3v) is 9.52. The zero-order valence-corrected chi connectivity index (χ0v) is 28.0. The minimum absolute atomic E-state index is 0.0785. The molecule has 9 heteroatoms. The van der Waals surface area contributed by atoms with E-state index in [0.717, 1.165) is 59.9 Å². The standard InChI is InChI=1S/C41H35ClFN3O4/c42-31-15-11-27(12-16-31)34-18-13-28(40(47)44-24-26-7-3-1-4-8-26)21-30(34)25-50-33-17-19-35(36(43)23-33)39-45-37-22-29(41(48)49)14-20-38(37)46(39)32-9-5-2-6-10-32/h1,3-4,7-8,11-23,32H,2,5-6,9-10,24-25H2,(H,44,47)(H,48,49). The number of hydrogen-bond donors (Lipinski definition) is 2. The number of rotatable bonds is 10. The van der Waals surface area contributed by atoms with Gasteiger partial charge in [0.05, 0.1) is 22.2 Å². The predicted octanol–water partition coefficient (Wildman–Crippen LogP) is 9.88. The number of aromatic carboxylic acids is 1. The van der Waals surface area contributed by atoms with Crippen LogP contribution in [0.4, 0.5) is 4.39 Å². The van der Waals surface area contributed by atoms with Crippen LogP contribution in [0.5, 0.6) is 5.75 Å². The van der Waals surface area contributed by atoms with Gasteiger partial charge < -0.3 is 19.7 Å². The lowest BCUT2D eigenvalue weighted by molar-refractivity contribution is 0.0696. The van der Waals surface area contributed by atoms with E-state index in [-0.39, 0.29) is 24.1 Å². The third kappa shape index (κ3) is 7.12. The summed E-state index contributed by atoms with van der Waals surface area (Å²) in [5, 5.41) is 13.1. The van der Waals surface area contributed by atoms with E-state index >= 15 is 4.39 Å². The highest BCUT2D eigenvalue weighted by molar-refractivity contribution is 6.30. The van der Waals surface area contributed by atoms with Crippen molar-refractivity contribution in [1.82, 2.24) is 14.9 Å². The molecular formula is C41H35ClFN3O4. The van der Waals surface area contributed by atoms with Crippen LogP contribution < -0.4 is 10.1 Å². The molecule has 6 aromatic rings. The van der Waals surface area contributed by atoms with Crippen molar-refractivity contribution in [3.8, 4) is 28.3 Å². The van der Waals surface area contributed by atoms with E-state index < -0.39 is 11.8 Å². The van der Waals surface area contributed by atoms with Crippen LogP contribution in [0, 0.1) is 5.82 Å². The van der Waals surface area contributed by atoms with Gasteiger partial charge in [0.15, 0.2) is 0 Å². The molecule has 0 radical (unpaired) electrons. The number of carbonyl (C=O) groups excluding carboxylic acids is 1. The van der Waals surface area contributed by atoms with Crippen LogP contribution in [0.2, 0.25) is 5.02 Å². The summed E-state index contributed by atoms with van der Waals surface area (Å²) < 4.78 is 24.3. The molecule has 5 aromatic carbocycles. The molecule has 0 bridgehead atoms. The summed E-state index contributed by atoms with van der Waals surface area (Å²) in [6, 6.07) is 32.3. The fourth-order valence-electron chi connectivity index (χ4n) is 6.70. The van der Waals surface area contributed by atoms with Crippen LogP contribution in [0.25, 0.3) is 33.5 Å². The lowest BCUT2D eigenvalue weighted by Gasteiger charge is -2.25. The molecule has 0 spiro atoms. The highest BCUT2D eigenvalue weighted by Crippen LogP contribution is 2.38. The first-order chi connectivity index (χ1) is 24.3. The van der Waals surface area contributed by atoms with Gasteiger partial charge in [-0.1, -0.05) is 79.4 Å². The van der Waals surface area contributed by atoms with Crippen molar-refractivity contribution < 1.29 is 23.8 Å². The molecule has 1 aliphatic carbocycles. The molecule has 0 aliphatic heterocycles. The molecule has 50 heavy (non-hydrogen) atoms. The number of nitrogens with one attached hydrogen (secondary N) is 1. The van der Waals surface area contributed by atoms with Crippen molar-refractivity contribution in [3.63, 3.8) is 0 Å². The molecule has 1 aliphatic rings. The number of hydrogen-bond acceptors (Lipinski definition) is 4. The summed E-state index contributed by atoms with van der Waals surface area (Å²) >= 11 is 6.16. The van der Waals surface area contributed by atoms with Gasteiger partial charge >= 0.3 is 5.97 Å². The van der Waals surface area contributed by atoms with Gasteiger partial charge in [-0.3, -0.25) is 4.79 Å². The number of nitrogens with zero attached hydrogens (tertiary/aromatic N) is 2. The maximum Gasteiger partial charge on any atom is 0.335 e. The van der Waals surface area contributed by atoms with E-state index in [1.807, 2.05) is 48.5 Å². The summed E-state index contributed by atoms with van der Waals surface area (Å²) in [6.45, 7) is 0.473. The lowest BCUT2D eigenvalue weighted by atomic mass is 9.94. The average molecular weight is 688 g/mol. The molecule has 7 nitrogen and oxygen atoms in total. The van der Waals surface area contributed by atoms with Crippen LogP contribution in [-0.4, -0.2) is 26.5 Å². The van der Waals surface area contributed by atoms with Crippen LogP contribution >= 0.6 is 11.6 Å². The van der Waals surface area contributed by atoms with E-state index in [1.54, 1.807) is 54.6 Å². The number of amides is 1. The molecule has 0 unspecified atom stereocenters. The Morgan fingerprint density at radius 3 is 2.34 bits per heavy atom. The number of carbonyl (C=O) groups is 2.